The molecule has 2 saturated heterocycles. The van der Waals surface area contributed by atoms with E-state index in [4.69, 9.17) is 21.7 Å². The van der Waals surface area contributed by atoms with Gasteiger partial charge in [0, 0.05) is 55.0 Å². The first-order chi connectivity index (χ1) is 21.4. The number of thiocarbonyl (C=S) groups is 1. The highest BCUT2D eigenvalue weighted by molar-refractivity contribution is 7.80. The molecule has 44 heavy (non-hydrogen) atoms. The van der Waals surface area contributed by atoms with Crippen LogP contribution in [-0.4, -0.2) is 65.4 Å². The number of carbonyl (C=O) groups excluding carboxylic acids is 1. The molecule has 9 nitrogen and oxygen atoms in total. The maximum absolute atomic E-state index is 13.1. The molecule has 4 aromatic rings. The third kappa shape index (κ3) is 6.00. The summed E-state index contributed by atoms with van der Waals surface area (Å²) in [4.78, 5) is 22.3. The normalized spacial score (nSPS) is 18.3. The Kier molecular flexibility index (Phi) is 8.81. The number of nitrogens with one attached hydrogen (secondary N) is 2. The molecule has 2 aromatic carbocycles. The van der Waals surface area contributed by atoms with E-state index in [9.17, 15) is 4.79 Å². The molecule has 4 heterocycles. The van der Waals surface area contributed by atoms with E-state index in [-0.39, 0.29) is 24.4 Å². The van der Waals surface area contributed by atoms with Crippen LogP contribution in [0.25, 0.3) is 5.69 Å². The van der Waals surface area contributed by atoms with Crippen LogP contribution in [0.2, 0.25) is 0 Å². The van der Waals surface area contributed by atoms with E-state index in [1.54, 1.807) is 13.3 Å². The van der Waals surface area contributed by atoms with Crippen molar-refractivity contribution in [3.05, 3.63) is 102 Å². The highest BCUT2D eigenvalue weighted by atomic mass is 32.1. The molecule has 10 heteroatoms. The summed E-state index contributed by atoms with van der Waals surface area (Å²) in [6.07, 6.45) is 2.06. The van der Waals surface area contributed by atoms with E-state index in [0.717, 1.165) is 54.6 Å². The number of hydrogen-bond acceptors (Lipinski definition) is 6. The van der Waals surface area contributed by atoms with Crippen LogP contribution in [0, 0.1) is 13.8 Å². The third-order valence-electron chi connectivity index (χ3n) is 8.43. The molecule has 2 aromatic heterocycles. The van der Waals surface area contributed by atoms with Gasteiger partial charge in [-0.2, -0.15) is 0 Å². The minimum Gasteiger partial charge on any atom is -0.495 e. The Bertz CT molecular complexity index is 1620. The molecular weight excluding hydrogens is 572 g/mol. The maximum atomic E-state index is 13.1. The molecule has 2 atom stereocenters. The van der Waals surface area contributed by atoms with E-state index < -0.39 is 0 Å². The number of amides is 1. The van der Waals surface area contributed by atoms with Gasteiger partial charge in [-0.25, -0.2) is 0 Å². The fourth-order valence-corrected chi connectivity index (χ4v) is 6.62. The van der Waals surface area contributed by atoms with Gasteiger partial charge in [-0.1, -0.05) is 18.2 Å². The zero-order valence-corrected chi connectivity index (χ0v) is 26.1. The minimum atomic E-state index is -0.168. The molecule has 0 unspecified atom stereocenters. The monoisotopic (exact) mass is 610 g/mol. The second-order valence-electron chi connectivity index (χ2n) is 11.1. The molecule has 0 saturated carbocycles. The number of nitrogens with zero attached hydrogens (tertiary/aromatic N) is 4. The molecule has 2 aliphatic rings. The van der Waals surface area contributed by atoms with Crippen molar-refractivity contribution in [1.29, 1.82) is 0 Å². The highest BCUT2D eigenvalue weighted by Gasteiger charge is 2.41. The quantitative estimate of drug-likeness (QED) is 0.246. The lowest BCUT2D eigenvalue weighted by Gasteiger charge is -2.29. The Morgan fingerprint density at radius 3 is 2.50 bits per heavy atom. The van der Waals surface area contributed by atoms with Crippen molar-refractivity contribution in [3.8, 4) is 11.4 Å². The van der Waals surface area contributed by atoms with Crippen LogP contribution in [-0.2, 0) is 9.53 Å². The molecular formula is C34H38N6O3S. The molecule has 0 spiro atoms. The molecule has 0 radical (unpaired) electrons. The number of aromatic nitrogens is 2. The van der Waals surface area contributed by atoms with Crippen LogP contribution in [0.4, 0.5) is 11.4 Å². The van der Waals surface area contributed by atoms with Gasteiger partial charge in [-0.05, 0) is 86.2 Å². The lowest BCUT2D eigenvalue weighted by Crippen LogP contribution is -2.36. The highest BCUT2D eigenvalue weighted by Crippen LogP contribution is 2.41. The summed E-state index contributed by atoms with van der Waals surface area (Å²) < 4.78 is 13.2. The van der Waals surface area contributed by atoms with Gasteiger partial charge in [0.05, 0.1) is 43.8 Å². The average Bonchev–Trinajstić information content (AvgIpc) is 3.54. The number of carbonyl (C=O) groups is 1. The topological polar surface area (TPSA) is 83.9 Å². The first-order valence-corrected chi connectivity index (χ1v) is 15.4. The SMILES string of the molecule is COc1ccccc1NC(=O)CCN1C(=S)N[C@H](c2ccccn2)[C@H]1c1cc(C)n(-c2ccc(N3CCOCC3)cc2)c1C. The van der Waals surface area contributed by atoms with E-state index in [0.29, 0.717) is 23.1 Å². The van der Waals surface area contributed by atoms with E-state index in [1.165, 1.54) is 5.69 Å². The summed E-state index contributed by atoms with van der Waals surface area (Å²) in [6.45, 7) is 8.05. The average molecular weight is 611 g/mol. The molecule has 2 aliphatic heterocycles. The minimum absolute atomic E-state index is 0.108. The number of pyridine rings is 1. The van der Waals surface area contributed by atoms with E-state index in [1.807, 2.05) is 42.5 Å². The van der Waals surface area contributed by atoms with Crippen molar-refractivity contribution in [2.75, 3.05) is 50.2 Å². The largest absolute Gasteiger partial charge is 0.495 e. The van der Waals surface area contributed by atoms with E-state index in [2.05, 4.69) is 74.2 Å². The molecule has 2 N–H and O–H groups in total. The number of benzene rings is 2. The number of aryl methyl sites for hydroxylation is 1. The van der Waals surface area contributed by atoms with Crippen LogP contribution < -0.4 is 20.3 Å². The van der Waals surface area contributed by atoms with Gasteiger partial charge in [0.2, 0.25) is 5.91 Å². The standard InChI is InChI=1S/C34H38N6O3S/c1-23-22-27(24(2)40(23)26-13-11-25(12-14-26)38-18-20-43-21-19-38)33-32(29-9-6-7-16-35-29)37-34(44)39(33)17-15-31(41)36-28-8-4-5-10-30(28)42-3/h4-14,16,22,32-33H,15,17-21H2,1-3H3,(H,36,41)(H,37,44)/t32-,33-/m1/s1. The number of methoxy groups -OCH3 is 1. The van der Waals surface area contributed by atoms with Gasteiger partial charge < -0.3 is 34.5 Å². The fraction of sp³-hybridized carbons (Fsp3) is 0.324. The zero-order chi connectivity index (χ0) is 30.6. The summed E-state index contributed by atoms with van der Waals surface area (Å²) in [7, 11) is 1.59. The van der Waals surface area contributed by atoms with Crippen LogP contribution >= 0.6 is 12.2 Å². The van der Waals surface area contributed by atoms with Crippen LogP contribution in [0.15, 0.2) is 79.0 Å². The third-order valence-corrected chi connectivity index (χ3v) is 8.78. The van der Waals surface area contributed by atoms with Crippen LogP contribution in [0.3, 0.4) is 0 Å². The molecule has 6 rings (SSSR count). The Labute approximate surface area is 263 Å². The zero-order valence-electron chi connectivity index (χ0n) is 25.3. The number of morpholine rings is 1. The van der Waals surface area contributed by atoms with Crippen LogP contribution in [0.5, 0.6) is 5.75 Å². The van der Waals surface area contributed by atoms with Crippen molar-refractivity contribution in [3.63, 3.8) is 0 Å². The number of anilines is 2. The van der Waals surface area contributed by atoms with E-state index >= 15 is 0 Å². The van der Waals surface area contributed by atoms with Crippen molar-refractivity contribution >= 4 is 34.6 Å². The predicted molar refractivity (Wildman–Crippen MR) is 177 cm³/mol. The summed E-state index contributed by atoms with van der Waals surface area (Å²) in [5.41, 5.74) is 7.26. The first kappa shape index (κ1) is 29.7. The predicted octanol–water partition coefficient (Wildman–Crippen LogP) is 5.34. The Hall–Kier alpha value is -4.41. The van der Waals surface area contributed by atoms with Gasteiger partial charge in [0.25, 0.3) is 0 Å². The second kappa shape index (κ2) is 13.1. The summed E-state index contributed by atoms with van der Waals surface area (Å²) in [6, 6.07) is 24.0. The molecule has 228 valence electrons. The van der Waals surface area contributed by atoms with Crippen molar-refractivity contribution in [2.24, 2.45) is 0 Å². The maximum Gasteiger partial charge on any atom is 0.226 e. The summed E-state index contributed by atoms with van der Waals surface area (Å²) >= 11 is 5.88. The fourth-order valence-electron chi connectivity index (χ4n) is 6.29. The van der Waals surface area contributed by atoms with Gasteiger partial charge in [0.1, 0.15) is 5.75 Å². The lowest BCUT2D eigenvalue weighted by atomic mass is 9.96. The Balaban J connectivity index is 1.28. The van der Waals surface area contributed by atoms with Crippen molar-refractivity contribution in [1.82, 2.24) is 19.8 Å². The van der Waals surface area contributed by atoms with Crippen LogP contribution in [0.1, 0.15) is 41.1 Å². The Morgan fingerprint density at radius 2 is 1.77 bits per heavy atom. The molecule has 1 amide bonds. The molecule has 0 aliphatic carbocycles. The Morgan fingerprint density at radius 1 is 1.05 bits per heavy atom. The number of para-hydroxylation sites is 2. The number of ether oxygens (including phenoxy) is 2. The first-order valence-electron chi connectivity index (χ1n) is 15.0. The van der Waals surface area contributed by atoms with Gasteiger partial charge in [-0.15, -0.1) is 0 Å². The second-order valence-corrected chi connectivity index (χ2v) is 11.5. The van der Waals surface area contributed by atoms with Gasteiger partial charge in [0.15, 0.2) is 5.11 Å². The smallest absolute Gasteiger partial charge is 0.226 e. The number of rotatable bonds is 9. The van der Waals surface area contributed by atoms with Crippen molar-refractivity contribution in [2.45, 2.75) is 32.4 Å². The van der Waals surface area contributed by atoms with Crippen molar-refractivity contribution < 1.29 is 14.3 Å². The molecule has 0 bridgehead atoms. The number of hydrogen-bond donors (Lipinski definition) is 2. The lowest BCUT2D eigenvalue weighted by molar-refractivity contribution is -0.116. The molecule has 2 fully saturated rings. The summed E-state index contributed by atoms with van der Waals surface area (Å²) in [5, 5.41) is 7.12. The van der Waals surface area contributed by atoms with Gasteiger partial charge in [-0.3, -0.25) is 9.78 Å². The van der Waals surface area contributed by atoms with Gasteiger partial charge >= 0.3 is 0 Å². The summed E-state index contributed by atoms with van der Waals surface area (Å²) in [5.74, 6) is 0.515.